The summed E-state index contributed by atoms with van der Waals surface area (Å²) < 4.78 is 4.85. The van der Waals surface area contributed by atoms with Crippen molar-refractivity contribution in [1.29, 1.82) is 0 Å². The third-order valence-corrected chi connectivity index (χ3v) is 2.29. The number of hydrogen-bond donors (Lipinski definition) is 2. The minimum Gasteiger partial charge on any atom is -0.387 e. The Balaban J connectivity index is 2.53. The number of rotatable bonds is 7. The Bertz CT molecular complexity index is 370. The van der Waals surface area contributed by atoms with Gasteiger partial charge < -0.3 is 15.2 Å². The van der Waals surface area contributed by atoms with Crippen LogP contribution in [-0.2, 0) is 4.74 Å². The quantitative estimate of drug-likeness (QED) is 0.419. The van der Waals surface area contributed by atoms with E-state index < -0.39 is 11.0 Å². The first-order chi connectivity index (χ1) is 8.15. The maximum Gasteiger partial charge on any atom is 0.269 e. The average molecular weight is 240 g/mol. The Morgan fingerprint density at radius 3 is 3.00 bits per heavy atom. The smallest absolute Gasteiger partial charge is 0.269 e. The van der Waals surface area contributed by atoms with Crippen LogP contribution >= 0.6 is 0 Å². The lowest BCUT2D eigenvalue weighted by Crippen LogP contribution is -2.25. The lowest BCUT2D eigenvalue weighted by molar-refractivity contribution is -0.385. The van der Waals surface area contributed by atoms with Crippen LogP contribution in [0, 0.1) is 10.1 Å². The van der Waals surface area contributed by atoms with Crippen molar-refractivity contribution in [3.8, 4) is 0 Å². The maximum absolute atomic E-state index is 10.6. The average Bonchev–Trinajstić information content (AvgIpc) is 2.34. The van der Waals surface area contributed by atoms with E-state index in [2.05, 4.69) is 5.32 Å². The summed E-state index contributed by atoms with van der Waals surface area (Å²) in [6, 6.07) is 6.00. The number of aliphatic hydroxyl groups is 1. The van der Waals surface area contributed by atoms with Crippen LogP contribution in [0.2, 0.25) is 0 Å². The second-order valence-corrected chi connectivity index (χ2v) is 3.56. The van der Waals surface area contributed by atoms with Gasteiger partial charge in [-0.15, -0.1) is 0 Å². The Labute approximate surface area is 99.4 Å². The Hall–Kier alpha value is -1.50. The third kappa shape index (κ3) is 4.48. The molecule has 0 aliphatic carbocycles. The highest BCUT2D eigenvalue weighted by Gasteiger charge is 2.11. The molecular weight excluding hydrogens is 224 g/mol. The number of non-ortho nitro benzene ring substituents is 1. The van der Waals surface area contributed by atoms with Crippen molar-refractivity contribution in [2.75, 3.05) is 26.8 Å². The fraction of sp³-hybridized carbons (Fsp3) is 0.455. The Morgan fingerprint density at radius 2 is 2.35 bits per heavy atom. The predicted molar refractivity (Wildman–Crippen MR) is 62.8 cm³/mol. The third-order valence-electron chi connectivity index (χ3n) is 2.29. The van der Waals surface area contributed by atoms with Gasteiger partial charge in [0, 0.05) is 32.3 Å². The maximum atomic E-state index is 10.6. The molecule has 0 spiro atoms. The van der Waals surface area contributed by atoms with Crippen molar-refractivity contribution in [3.05, 3.63) is 39.9 Å². The second-order valence-electron chi connectivity index (χ2n) is 3.56. The fourth-order valence-electron chi connectivity index (χ4n) is 1.38. The van der Waals surface area contributed by atoms with Gasteiger partial charge in [0.15, 0.2) is 0 Å². The summed E-state index contributed by atoms with van der Waals surface area (Å²) >= 11 is 0. The molecule has 0 unspecified atom stereocenters. The molecule has 0 saturated carbocycles. The summed E-state index contributed by atoms with van der Waals surface area (Å²) in [7, 11) is 1.60. The van der Waals surface area contributed by atoms with Crippen molar-refractivity contribution in [3.63, 3.8) is 0 Å². The molecule has 6 nitrogen and oxygen atoms in total. The number of nitrogens with one attached hydrogen (secondary N) is 1. The summed E-state index contributed by atoms with van der Waals surface area (Å²) in [6.07, 6.45) is -0.758. The number of nitrogens with zero attached hydrogens (tertiary/aromatic N) is 1. The molecule has 0 aromatic heterocycles. The van der Waals surface area contributed by atoms with Crippen LogP contribution in [0.25, 0.3) is 0 Å². The first-order valence-corrected chi connectivity index (χ1v) is 5.27. The van der Waals surface area contributed by atoms with Gasteiger partial charge in [-0.1, -0.05) is 12.1 Å². The van der Waals surface area contributed by atoms with E-state index in [9.17, 15) is 15.2 Å². The van der Waals surface area contributed by atoms with Crippen LogP contribution in [0.15, 0.2) is 24.3 Å². The Morgan fingerprint density at radius 1 is 1.59 bits per heavy atom. The minimum atomic E-state index is -0.758. The normalized spacial score (nSPS) is 12.4. The molecule has 0 fully saturated rings. The SMILES string of the molecule is COCCNC[C@H](O)c1cccc([N+](=O)[O-])c1. The molecule has 2 N–H and O–H groups in total. The first kappa shape index (κ1) is 13.6. The van der Waals surface area contributed by atoms with Crippen molar-refractivity contribution in [2.45, 2.75) is 6.10 Å². The topological polar surface area (TPSA) is 84.6 Å². The summed E-state index contributed by atoms with van der Waals surface area (Å²) in [5.74, 6) is 0. The molecule has 0 saturated heterocycles. The predicted octanol–water partition coefficient (Wildman–Crippen LogP) is 0.864. The molecule has 94 valence electrons. The van der Waals surface area contributed by atoms with Gasteiger partial charge in [-0.3, -0.25) is 10.1 Å². The molecular formula is C11H16N2O4. The lowest BCUT2D eigenvalue weighted by Gasteiger charge is -2.11. The van der Waals surface area contributed by atoms with Crippen molar-refractivity contribution in [2.24, 2.45) is 0 Å². The second kappa shape index (κ2) is 6.95. The van der Waals surface area contributed by atoms with Crippen LogP contribution in [0.5, 0.6) is 0 Å². The van der Waals surface area contributed by atoms with Crippen LogP contribution in [-0.4, -0.2) is 36.8 Å². The molecule has 0 amide bonds. The number of benzene rings is 1. The van der Waals surface area contributed by atoms with Crippen molar-refractivity contribution >= 4 is 5.69 Å². The van der Waals surface area contributed by atoms with E-state index in [1.54, 1.807) is 19.2 Å². The molecule has 17 heavy (non-hydrogen) atoms. The zero-order valence-corrected chi connectivity index (χ0v) is 9.63. The minimum absolute atomic E-state index is 0.0153. The van der Waals surface area contributed by atoms with E-state index in [0.29, 0.717) is 25.3 Å². The lowest BCUT2D eigenvalue weighted by atomic mass is 10.1. The molecule has 1 aromatic carbocycles. The van der Waals surface area contributed by atoms with E-state index in [0.717, 1.165) is 0 Å². The van der Waals surface area contributed by atoms with Crippen LogP contribution < -0.4 is 5.32 Å². The van der Waals surface area contributed by atoms with Gasteiger partial charge in [0.1, 0.15) is 0 Å². The number of nitro groups is 1. The van der Waals surface area contributed by atoms with E-state index in [-0.39, 0.29) is 5.69 Å². The molecule has 6 heteroatoms. The summed E-state index contributed by atoms with van der Waals surface area (Å²) in [5.41, 5.74) is 0.516. The number of ether oxygens (including phenoxy) is 1. The highest BCUT2D eigenvalue weighted by atomic mass is 16.6. The van der Waals surface area contributed by atoms with Gasteiger partial charge in [0.2, 0.25) is 0 Å². The van der Waals surface area contributed by atoms with Gasteiger partial charge in [-0.05, 0) is 5.56 Å². The molecule has 1 aromatic rings. The molecule has 0 radical (unpaired) electrons. The summed E-state index contributed by atoms with van der Waals surface area (Å²) in [4.78, 5) is 10.1. The summed E-state index contributed by atoms with van der Waals surface area (Å²) in [5, 5.41) is 23.4. The van der Waals surface area contributed by atoms with Gasteiger partial charge >= 0.3 is 0 Å². The van der Waals surface area contributed by atoms with Gasteiger partial charge in [-0.25, -0.2) is 0 Å². The molecule has 1 rings (SSSR count). The molecule has 0 heterocycles. The van der Waals surface area contributed by atoms with E-state index in [1.165, 1.54) is 12.1 Å². The number of hydrogen-bond acceptors (Lipinski definition) is 5. The zero-order valence-electron chi connectivity index (χ0n) is 9.63. The van der Waals surface area contributed by atoms with E-state index >= 15 is 0 Å². The molecule has 1 atom stereocenters. The number of methoxy groups -OCH3 is 1. The van der Waals surface area contributed by atoms with E-state index in [1.807, 2.05) is 0 Å². The van der Waals surface area contributed by atoms with E-state index in [4.69, 9.17) is 4.74 Å². The van der Waals surface area contributed by atoms with Crippen LogP contribution in [0.1, 0.15) is 11.7 Å². The van der Waals surface area contributed by atoms with Gasteiger partial charge in [0.25, 0.3) is 5.69 Å². The number of nitro benzene ring substituents is 1. The Kier molecular flexibility index (Phi) is 5.55. The highest BCUT2D eigenvalue weighted by molar-refractivity contribution is 5.35. The first-order valence-electron chi connectivity index (χ1n) is 5.27. The highest BCUT2D eigenvalue weighted by Crippen LogP contribution is 2.18. The van der Waals surface area contributed by atoms with Crippen molar-refractivity contribution < 1.29 is 14.8 Å². The van der Waals surface area contributed by atoms with Gasteiger partial charge in [-0.2, -0.15) is 0 Å². The molecule has 0 aliphatic heterocycles. The molecule has 0 aliphatic rings. The fourth-order valence-corrected chi connectivity index (χ4v) is 1.38. The van der Waals surface area contributed by atoms with Crippen LogP contribution in [0.3, 0.4) is 0 Å². The standard InChI is InChI=1S/C11H16N2O4/c1-17-6-5-12-8-11(14)9-3-2-4-10(7-9)13(15)16/h2-4,7,11-12,14H,5-6,8H2,1H3/t11-/m0/s1. The summed E-state index contributed by atoms with van der Waals surface area (Å²) in [6.45, 7) is 1.52. The monoisotopic (exact) mass is 240 g/mol. The zero-order chi connectivity index (χ0) is 12.7. The largest absolute Gasteiger partial charge is 0.387 e. The number of aliphatic hydroxyl groups excluding tert-OH is 1. The molecule has 0 bridgehead atoms. The van der Waals surface area contributed by atoms with Gasteiger partial charge in [0.05, 0.1) is 17.6 Å². The van der Waals surface area contributed by atoms with Crippen molar-refractivity contribution in [1.82, 2.24) is 5.32 Å². The van der Waals surface area contributed by atoms with Crippen LogP contribution in [0.4, 0.5) is 5.69 Å².